The van der Waals surface area contributed by atoms with Gasteiger partial charge < -0.3 is 5.73 Å². The first-order chi connectivity index (χ1) is 5.92. The fourth-order valence-corrected chi connectivity index (χ4v) is 1.22. The lowest BCUT2D eigenvalue weighted by Crippen LogP contribution is -2.00. The molecule has 0 aromatic carbocycles. The fraction of sp³-hybridized carbons (Fsp3) is 0.111. The maximum Gasteiger partial charge on any atom is 0.0736 e. The number of nitrogens with two attached hydrogens (primary N) is 1. The van der Waals surface area contributed by atoms with E-state index < -0.39 is 0 Å². The van der Waals surface area contributed by atoms with Crippen LogP contribution in [-0.4, -0.2) is 9.97 Å². The second-order valence-electron chi connectivity index (χ2n) is 2.53. The van der Waals surface area contributed by atoms with E-state index in [4.69, 9.17) is 5.73 Å². The number of nitrogens with zero attached hydrogens (tertiary/aromatic N) is 2. The summed E-state index contributed by atoms with van der Waals surface area (Å²) in [5.41, 5.74) is 7.38. The van der Waals surface area contributed by atoms with Crippen molar-refractivity contribution < 1.29 is 0 Å². The van der Waals surface area contributed by atoms with Gasteiger partial charge in [-0.2, -0.15) is 0 Å². The Morgan fingerprint density at radius 1 is 1.15 bits per heavy atom. The molecule has 0 radical (unpaired) electrons. The molecule has 0 amide bonds. The van der Waals surface area contributed by atoms with Crippen LogP contribution < -0.4 is 5.73 Å². The van der Waals surface area contributed by atoms with Gasteiger partial charge in [0.25, 0.3) is 0 Å². The van der Waals surface area contributed by atoms with Crippen molar-refractivity contribution in [2.24, 2.45) is 5.73 Å². The molecule has 68 valence electrons. The Bertz CT molecular complexity index is 397. The maximum atomic E-state index is 5.53. The molecule has 2 rings (SSSR count). The minimum atomic E-state index is 0. The summed E-state index contributed by atoms with van der Waals surface area (Å²) in [6.45, 7) is 0.461. The third kappa shape index (κ3) is 1.76. The molecule has 0 spiro atoms. The van der Waals surface area contributed by atoms with E-state index in [1.165, 1.54) is 0 Å². The number of fused-ring (bicyclic) bond motifs is 1. The Morgan fingerprint density at radius 2 is 2.00 bits per heavy atom. The maximum absolute atomic E-state index is 5.53. The average molecular weight is 196 g/mol. The largest absolute Gasteiger partial charge is 0.325 e. The van der Waals surface area contributed by atoms with Gasteiger partial charge in [-0.1, -0.05) is 0 Å². The molecule has 0 unspecified atom stereocenters. The third-order valence-corrected chi connectivity index (χ3v) is 1.81. The van der Waals surface area contributed by atoms with Crippen LogP contribution in [0, 0.1) is 0 Å². The molecule has 0 aliphatic rings. The molecule has 13 heavy (non-hydrogen) atoms. The molecule has 0 saturated heterocycles. The lowest BCUT2D eigenvalue weighted by molar-refractivity contribution is 1.01. The molecule has 2 heterocycles. The van der Waals surface area contributed by atoms with Crippen molar-refractivity contribution in [2.45, 2.75) is 6.54 Å². The molecule has 2 aromatic rings. The lowest BCUT2D eigenvalue weighted by Gasteiger charge is -2.00. The van der Waals surface area contributed by atoms with Crippen LogP contribution in [0.3, 0.4) is 0 Å². The molecular formula is C9H10ClN3. The van der Waals surface area contributed by atoms with Crippen molar-refractivity contribution in [3.8, 4) is 0 Å². The number of rotatable bonds is 1. The summed E-state index contributed by atoms with van der Waals surface area (Å²) in [6, 6.07) is 5.76. The fourth-order valence-electron chi connectivity index (χ4n) is 1.22. The molecular weight excluding hydrogens is 186 g/mol. The van der Waals surface area contributed by atoms with Crippen molar-refractivity contribution in [3.63, 3.8) is 0 Å². The van der Waals surface area contributed by atoms with Crippen molar-refractivity contribution in [3.05, 3.63) is 36.3 Å². The first kappa shape index (κ1) is 9.89. The Kier molecular flexibility index (Phi) is 3.17. The van der Waals surface area contributed by atoms with Crippen molar-refractivity contribution in [1.82, 2.24) is 9.97 Å². The van der Waals surface area contributed by atoms with Crippen LogP contribution in [0.25, 0.3) is 10.9 Å². The smallest absolute Gasteiger partial charge is 0.0736 e. The van der Waals surface area contributed by atoms with Crippen molar-refractivity contribution >= 4 is 23.3 Å². The highest BCUT2D eigenvalue weighted by molar-refractivity contribution is 5.85. The molecule has 2 N–H and O–H groups in total. The molecule has 3 nitrogen and oxygen atoms in total. The van der Waals surface area contributed by atoms with Crippen molar-refractivity contribution in [1.29, 1.82) is 0 Å². The minimum absolute atomic E-state index is 0. The zero-order valence-corrected chi connectivity index (χ0v) is 7.79. The van der Waals surface area contributed by atoms with E-state index in [1.807, 2.05) is 18.2 Å². The second-order valence-corrected chi connectivity index (χ2v) is 2.53. The SMILES string of the molecule is Cl.NCc1nccc2ncccc12. The van der Waals surface area contributed by atoms with Crippen LogP contribution in [-0.2, 0) is 6.54 Å². The molecule has 0 fully saturated rings. The van der Waals surface area contributed by atoms with E-state index in [1.54, 1.807) is 12.4 Å². The predicted octanol–water partition coefficient (Wildman–Crippen LogP) is 1.51. The second kappa shape index (κ2) is 4.16. The van der Waals surface area contributed by atoms with Crippen LogP contribution in [0.5, 0.6) is 0 Å². The molecule has 2 aromatic heterocycles. The molecule has 0 saturated carbocycles. The van der Waals surface area contributed by atoms with Gasteiger partial charge in [0.05, 0.1) is 11.2 Å². The summed E-state index contributed by atoms with van der Waals surface area (Å²) >= 11 is 0. The van der Waals surface area contributed by atoms with E-state index in [2.05, 4.69) is 9.97 Å². The van der Waals surface area contributed by atoms with E-state index in [-0.39, 0.29) is 12.4 Å². The quantitative estimate of drug-likeness (QED) is 0.751. The molecule has 4 heteroatoms. The Morgan fingerprint density at radius 3 is 2.77 bits per heavy atom. The van der Waals surface area contributed by atoms with Crippen LogP contribution in [0.4, 0.5) is 0 Å². The van der Waals surface area contributed by atoms with Crippen molar-refractivity contribution in [2.75, 3.05) is 0 Å². The van der Waals surface area contributed by atoms with Gasteiger partial charge in [-0.05, 0) is 18.2 Å². The van der Waals surface area contributed by atoms with Gasteiger partial charge in [-0.25, -0.2) is 0 Å². The van der Waals surface area contributed by atoms with E-state index in [9.17, 15) is 0 Å². The summed E-state index contributed by atoms with van der Waals surface area (Å²) < 4.78 is 0. The Balaban J connectivity index is 0.000000845. The zero-order chi connectivity index (χ0) is 8.39. The molecule has 0 aliphatic heterocycles. The first-order valence-corrected chi connectivity index (χ1v) is 3.80. The number of pyridine rings is 2. The van der Waals surface area contributed by atoms with Crippen LogP contribution >= 0.6 is 12.4 Å². The van der Waals surface area contributed by atoms with Gasteiger partial charge in [-0.15, -0.1) is 12.4 Å². The van der Waals surface area contributed by atoms with Gasteiger partial charge in [0.2, 0.25) is 0 Å². The van der Waals surface area contributed by atoms with Gasteiger partial charge >= 0.3 is 0 Å². The summed E-state index contributed by atoms with van der Waals surface area (Å²) in [5, 5.41) is 1.04. The minimum Gasteiger partial charge on any atom is -0.325 e. The monoisotopic (exact) mass is 195 g/mol. The summed E-state index contributed by atoms with van der Waals surface area (Å²) in [7, 11) is 0. The Labute approximate surface area is 82.4 Å². The zero-order valence-electron chi connectivity index (χ0n) is 6.97. The number of aromatic nitrogens is 2. The topological polar surface area (TPSA) is 51.8 Å². The van der Waals surface area contributed by atoms with Gasteiger partial charge in [-0.3, -0.25) is 9.97 Å². The van der Waals surface area contributed by atoms with E-state index in [0.29, 0.717) is 6.54 Å². The normalized spacial score (nSPS) is 9.62. The van der Waals surface area contributed by atoms with Gasteiger partial charge in [0.15, 0.2) is 0 Å². The van der Waals surface area contributed by atoms with Gasteiger partial charge in [0, 0.05) is 24.3 Å². The van der Waals surface area contributed by atoms with Crippen LogP contribution in [0.1, 0.15) is 5.69 Å². The van der Waals surface area contributed by atoms with E-state index in [0.717, 1.165) is 16.6 Å². The standard InChI is InChI=1S/C9H9N3.ClH/c10-6-9-7-2-1-4-11-8(7)3-5-12-9;/h1-5H,6,10H2;1H. The molecule has 0 aliphatic carbocycles. The summed E-state index contributed by atoms with van der Waals surface area (Å²) in [4.78, 5) is 8.35. The van der Waals surface area contributed by atoms with Gasteiger partial charge in [0.1, 0.15) is 0 Å². The third-order valence-electron chi connectivity index (χ3n) is 1.81. The van der Waals surface area contributed by atoms with Crippen LogP contribution in [0.2, 0.25) is 0 Å². The number of hydrogen-bond donors (Lipinski definition) is 1. The van der Waals surface area contributed by atoms with Crippen LogP contribution in [0.15, 0.2) is 30.6 Å². The average Bonchev–Trinajstić information content (AvgIpc) is 2.17. The summed E-state index contributed by atoms with van der Waals surface area (Å²) in [5.74, 6) is 0. The van der Waals surface area contributed by atoms with E-state index >= 15 is 0 Å². The predicted molar refractivity (Wildman–Crippen MR) is 54.7 cm³/mol. The highest BCUT2D eigenvalue weighted by Crippen LogP contribution is 2.12. The lowest BCUT2D eigenvalue weighted by atomic mass is 10.2. The number of hydrogen-bond acceptors (Lipinski definition) is 3. The molecule has 0 atom stereocenters. The highest BCUT2D eigenvalue weighted by atomic mass is 35.5. The number of halogens is 1. The Hall–Kier alpha value is -1.19. The summed E-state index contributed by atoms with van der Waals surface area (Å²) in [6.07, 6.45) is 3.50. The highest BCUT2D eigenvalue weighted by Gasteiger charge is 1.98. The first-order valence-electron chi connectivity index (χ1n) is 3.80. The molecule has 0 bridgehead atoms.